The Hall–Kier alpha value is -0.230. The Morgan fingerprint density at radius 1 is 1.39 bits per heavy atom. The number of nitrogens with zero attached hydrogens (tertiary/aromatic N) is 4. The fraction of sp³-hybridized carbons (Fsp3) is 0.917. The van der Waals surface area contributed by atoms with E-state index in [9.17, 15) is 0 Å². The molecule has 0 aromatic carbocycles. The predicted molar refractivity (Wildman–Crippen MR) is 78.2 cm³/mol. The third kappa shape index (κ3) is 3.41. The number of rotatable bonds is 6. The van der Waals surface area contributed by atoms with Crippen molar-refractivity contribution in [2.45, 2.75) is 50.7 Å². The lowest BCUT2D eigenvalue weighted by molar-refractivity contribution is 0.421. The van der Waals surface area contributed by atoms with Crippen LogP contribution >= 0.6 is 24.4 Å². The van der Waals surface area contributed by atoms with Gasteiger partial charge < -0.3 is 0 Å². The summed E-state index contributed by atoms with van der Waals surface area (Å²) in [4.78, 5) is 0. The van der Waals surface area contributed by atoms with Gasteiger partial charge in [0.05, 0.1) is 6.04 Å². The van der Waals surface area contributed by atoms with E-state index in [2.05, 4.69) is 42.0 Å². The average Bonchev–Trinajstić information content (AvgIpc) is 2.99. The van der Waals surface area contributed by atoms with E-state index in [0.717, 1.165) is 16.7 Å². The summed E-state index contributed by atoms with van der Waals surface area (Å²) in [5.74, 6) is 3.25. The Balaban J connectivity index is 1.95. The summed E-state index contributed by atoms with van der Waals surface area (Å²) < 4.78 is 2.04. The van der Waals surface area contributed by atoms with Gasteiger partial charge in [-0.15, -0.1) is 5.10 Å². The number of thioether (sulfide) groups is 1. The zero-order valence-corrected chi connectivity index (χ0v) is 12.8. The van der Waals surface area contributed by atoms with E-state index < -0.39 is 0 Å². The highest BCUT2D eigenvalue weighted by Crippen LogP contribution is 2.32. The van der Waals surface area contributed by atoms with Gasteiger partial charge in [0.2, 0.25) is 5.16 Å². The van der Waals surface area contributed by atoms with E-state index in [1.807, 2.05) is 4.68 Å². The smallest absolute Gasteiger partial charge is 0.209 e. The van der Waals surface area contributed by atoms with Crippen molar-refractivity contribution in [3.8, 4) is 0 Å². The molecule has 1 atom stereocenters. The van der Waals surface area contributed by atoms with E-state index in [-0.39, 0.29) is 0 Å². The van der Waals surface area contributed by atoms with E-state index >= 15 is 0 Å². The monoisotopic (exact) mass is 286 g/mol. The third-order valence-corrected chi connectivity index (χ3v) is 5.33. The molecule has 1 saturated carbocycles. The first-order valence-corrected chi connectivity index (χ1v) is 8.35. The molecule has 0 amide bonds. The highest BCUT2D eigenvalue weighted by molar-refractivity contribution is 7.99. The molecular formula is C12H22N4S2. The van der Waals surface area contributed by atoms with E-state index in [1.54, 1.807) is 11.8 Å². The van der Waals surface area contributed by atoms with Crippen molar-refractivity contribution < 1.29 is 0 Å². The SMILES string of the molecule is CC(C)C(CS)CSc1nnnn1C1CCCC1. The summed E-state index contributed by atoms with van der Waals surface area (Å²) in [6.45, 7) is 4.50. The van der Waals surface area contributed by atoms with Crippen LogP contribution in [0.4, 0.5) is 0 Å². The Labute approximate surface area is 119 Å². The topological polar surface area (TPSA) is 43.6 Å². The summed E-state index contributed by atoms with van der Waals surface area (Å²) in [6.07, 6.45) is 5.05. The minimum atomic E-state index is 0.524. The van der Waals surface area contributed by atoms with Gasteiger partial charge in [0.25, 0.3) is 0 Å². The van der Waals surface area contributed by atoms with Crippen molar-refractivity contribution in [1.82, 2.24) is 20.2 Å². The van der Waals surface area contributed by atoms with E-state index in [1.165, 1.54) is 25.7 Å². The first-order chi connectivity index (χ1) is 8.72. The van der Waals surface area contributed by atoms with Crippen LogP contribution in [0.5, 0.6) is 0 Å². The second-order valence-corrected chi connectivity index (χ2v) is 6.69. The number of thiol groups is 1. The maximum atomic E-state index is 4.43. The van der Waals surface area contributed by atoms with Crippen LogP contribution in [-0.4, -0.2) is 31.7 Å². The molecule has 0 N–H and O–H groups in total. The Morgan fingerprint density at radius 2 is 2.11 bits per heavy atom. The molecular weight excluding hydrogens is 264 g/mol. The molecule has 1 aromatic heterocycles. The molecule has 102 valence electrons. The van der Waals surface area contributed by atoms with Gasteiger partial charge in [-0.3, -0.25) is 0 Å². The predicted octanol–water partition coefficient (Wildman–Crippen LogP) is 3.08. The lowest BCUT2D eigenvalue weighted by atomic mass is 10.0. The van der Waals surface area contributed by atoms with Crippen molar-refractivity contribution in [1.29, 1.82) is 0 Å². The van der Waals surface area contributed by atoms with E-state index in [4.69, 9.17) is 0 Å². The normalized spacial score (nSPS) is 18.7. The summed E-state index contributed by atoms with van der Waals surface area (Å²) in [6, 6.07) is 0.524. The fourth-order valence-electron chi connectivity index (χ4n) is 2.30. The zero-order valence-electron chi connectivity index (χ0n) is 11.1. The number of tetrazole rings is 1. The van der Waals surface area contributed by atoms with Gasteiger partial charge in [0, 0.05) is 5.75 Å². The highest BCUT2D eigenvalue weighted by Gasteiger charge is 2.22. The van der Waals surface area contributed by atoms with Crippen LogP contribution in [0.2, 0.25) is 0 Å². The first kappa shape index (κ1) is 14.2. The summed E-state index contributed by atoms with van der Waals surface area (Å²) >= 11 is 6.21. The van der Waals surface area contributed by atoms with Crippen LogP contribution < -0.4 is 0 Å². The third-order valence-electron chi connectivity index (χ3n) is 3.74. The molecule has 6 heteroatoms. The minimum Gasteiger partial charge on any atom is -0.217 e. The lowest BCUT2D eigenvalue weighted by Crippen LogP contribution is -2.15. The van der Waals surface area contributed by atoms with Gasteiger partial charge in [-0.1, -0.05) is 38.5 Å². The molecule has 2 rings (SSSR count). The molecule has 1 aromatic rings. The summed E-state index contributed by atoms with van der Waals surface area (Å²) in [5, 5.41) is 13.1. The highest BCUT2D eigenvalue weighted by atomic mass is 32.2. The molecule has 1 fully saturated rings. The van der Waals surface area contributed by atoms with Crippen molar-refractivity contribution in [2.75, 3.05) is 11.5 Å². The van der Waals surface area contributed by atoms with Crippen molar-refractivity contribution in [2.24, 2.45) is 11.8 Å². The molecule has 1 unspecified atom stereocenters. The Morgan fingerprint density at radius 3 is 2.72 bits per heavy atom. The molecule has 0 aliphatic heterocycles. The maximum absolute atomic E-state index is 4.43. The fourth-order valence-corrected chi connectivity index (χ4v) is 4.30. The molecule has 0 spiro atoms. The number of hydrogen-bond acceptors (Lipinski definition) is 5. The van der Waals surface area contributed by atoms with Crippen LogP contribution in [0.1, 0.15) is 45.6 Å². The van der Waals surface area contributed by atoms with Gasteiger partial charge in [0.1, 0.15) is 0 Å². The van der Waals surface area contributed by atoms with Crippen molar-refractivity contribution >= 4 is 24.4 Å². The van der Waals surface area contributed by atoms with Crippen LogP contribution in [0.25, 0.3) is 0 Å². The molecule has 1 heterocycles. The van der Waals surface area contributed by atoms with Gasteiger partial charge >= 0.3 is 0 Å². The van der Waals surface area contributed by atoms with Gasteiger partial charge in [0.15, 0.2) is 0 Å². The maximum Gasteiger partial charge on any atom is 0.209 e. The van der Waals surface area contributed by atoms with Crippen molar-refractivity contribution in [3.05, 3.63) is 0 Å². The summed E-state index contributed by atoms with van der Waals surface area (Å²) in [7, 11) is 0. The van der Waals surface area contributed by atoms with Crippen molar-refractivity contribution in [3.63, 3.8) is 0 Å². The van der Waals surface area contributed by atoms with Crippen LogP contribution in [0, 0.1) is 11.8 Å². The van der Waals surface area contributed by atoms with Crippen LogP contribution in [0.3, 0.4) is 0 Å². The Bertz CT molecular complexity index is 361. The largest absolute Gasteiger partial charge is 0.217 e. The molecule has 1 aliphatic carbocycles. The molecule has 1 aliphatic rings. The van der Waals surface area contributed by atoms with Gasteiger partial charge in [-0.25, -0.2) is 4.68 Å². The molecule has 0 saturated heterocycles. The average molecular weight is 286 g/mol. The van der Waals surface area contributed by atoms with E-state index in [0.29, 0.717) is 17.9 Å². The second-order valence-electron chi connectivity index (χ2n) is 5.34. The molecule has 4 nitrogen and oxygen atoms in total. The standard InChI is InChI=1S/C12H22N4S2/c1-9(2)10(7-17)8-18-12-13-14-15-16(12)11-5-3-4-6-11/h9-11,17H,3-8H2,1-2H3. The number of hydrogen-bond donors (Lipinski definition) is 1. The molecule has 18 heavy (non-hydrogen) atoms. The van der Waals surface area contributed by atoms with Gasteiger partial charge in [-0.2, -0.15) is 12.6 Å². The van der Waals surface area contributed by atoms with Gasteiger partial charge in [-0.05, 0) is 40.9 Å². The quantitative estimate of drug-likeness (QED) is 0.645. The lowest BCUT2D eigenvalue weighted by Gasteiger charge is -2.18. The second kappa shape index (κ2) is 6.80. The summed E-state index contributed by atoms with van der Waals surface area (Å²) in [5.41, 5.74) is 0. The number of aromatic nitrogens is 4. The van der Waals surface area contributed by atoms with Crippen LogP contribution in [0.15, 0.2) is 5.16 Å². The Kier molecular flexibility index (Phi) is 5.36. The minimum absolute atomic E-state index is 0.524. The zero-order chi connectivity index (χ0) is 13.0. The molecule has 0 radical (unpaired) electrons. The first-order valence-electron chi connectivity index (χ1n) is 6.74. The molecule has 0 bridgehead atoms. The van der Waals surface area contributed by atoms with Crippen LogP contribution in [-0.2, 0) is 0 Å².